The predicted molar refractivity (Wildman–Crippen MR) is 98.6 cm³/mol. The number of hydrogen-bond acceptors (Lipinski definition) is 3. The summed E-state index contributed by atoms with van der Waals surface area (Å²) in [4.78, 5) is 24.7. The molecule has 0 bridgehead atoms. The van der Waals surface area contributed by atoms with Crippen LogP contribution in [0.3, 0.4) is 0 Å². The minimum absolute atomic E-state index is 0.0590. The van der Waals surface area contributed by atoms with Crippen molar-refractivity contribution >= 4 is 67.0 Å². The highest BCUT2D eigenvalue weighted by Gasteiger charge is 2.34. The van der Waals surface area contributed by atoms with Gasteiger partial charge in [0.25, 0.3) is 11.8 Å². The van der Waals surface area contributed by atoms with Gasteiger partial charge in [0.1, 0.15) is 11.3 Å². The van der Waals surface area contributed by atoms with Crippen LogP contribution in [-0.2, 0) is 9.59 Å². The van der Waals surface area contributed by atoms with Crippen LogP contribution in [0.15, 0.2) is 50.9 Å². The Bertz CT molecular complexity index is 882. The van der Waals surface area contributed by atoms with E-state index in [2.05, 4.69) is 37.3 Å². The molecule has 24 heavy (non-hydrogen) atoms. The van der Waals surface area contributed by atoms with Gasteiger partial charge < -0.3 is 5.11 Å². The van der Waals surface area contributed by atoms with Crippen molar-refractivity contribution in [2.24, 2.45) is 0 Å². The first kappa shape index (κ1) is 17.0. The van der Waals surface area contributed by atoms with E-state index in [0.717, 1.165) is 5.01 Å². The van der Waals surface area contributed by atoms with Gasteiger partial charge in [-0.15, -0.1) is 0 Å². The van der Waals surface area contributed by atoms with E-state index >= 15 is 0 Å². The normalized spacial score (nSPS) is 16.0. The second kappa shape index (κ2) is 6.58. The SMILES string of the molecule is O=C1NN(c2ccc(Cl)cc2)C(=O)/C1=C/c1cc(Br)cc(Br)c1O. The smallest absolute Gasteiger partial charge is 0.282 e. The molecule has 122 valence electrons. The highest BCUT2D eigenvalue weighted by molar-refractivity contribution is 9.11. The quantitative estimate of drug-likeness (QED) is 0.512. The first-order valence-electron chi connectivity index (χ1n) is 6.67. The fraction of sp³-hybridized carbons (Fsp3) is 0. The van der Waals surface area contributed by atoms with Crippen LogP contribution < -0.4 is 10.4 Å². The minimum Gasteiger partial charge on any atom is -0.506 e. The lowest BCUT2D eigenvalue weighted by Crippen LogP contribution is -2.35. The standard InChI is InChI=1S/C16H9Br2ClN2O3/c17-9-5-8(14(22)13(18)7-9)6-12-15(23)20-21(16(12)24)11-3-1-10(19)2-4-11/h1-7,22H,(H,20,23)/b12-6+. The molecule has 8 heteroatoms. The van der Waals surface area contributed by atoms with Crippen LogP contribution in [-0.4, -0.2) is 16.9 Å². The number of amides is 2. The van der Waals surface area contributed by atoms with E-state index < -0.39 is 11.8 Å². The van der Waals surface area contributed by atoms with Crippen molar-refractivity contribution in [2.45, 2.75) is 0 Å². The van der Waals surface area contributed by atoms with Crippen molar-refractivity contribution in [3.63, 3.8) is 0 Å². The zero-order valence-electron chi connectivity index (χ0n) is 11.9. The van der Waals surface area contributed by atoms with E-state index in [9.17, 15) is 14.7 Å². The largest absolute Gasteiger partial charge is 0.506 e. The van der Waals surface area contributed by atoms with Crippen molar-refractivity contribution in [1.82, 2.24) is 5.43 Å². The number of aromatic hydroxyl groups is 1. The fourth-order valence-electron chi connectivity index (χ4n) is 2.18. The van der Waals surface area contributed by atoms with Gasteiger partial charge in [0, 0.05) is 15.1 Å². The number of nitrogens with zero attached hydrogens (tertiary/aromatic N) is 1. The van der Waals surface area contributed by atoms with E-state index in [1.54, 1.807) is 36.4 Å². The van der Waals surface area contributed by atoms with E-state index in [4.69, 9.17) is 11.6 Å². The molecule has 0 aliphatic carbocycles. The number of phenols is 1. The monoisotopic (exact) mass is 470 g/mol. The molecule has 2 N–H and O–H groups in total. The molecular weight excluding hydrogens is 463 g/mol. The third-order valence-electron chi connectivity index (χ3n) is 3.33. The Morgan fingerprint density at radius 2 is 1.79 bits per heavy atom. The van der Waals surface area contributed by atoms with Gasteiger partial charge in [-0.05, 0) is 58.4 Å². The molecule has 0 atom stereocenters. The molecule has 1 fully saturated rings. The second-order valence-electron chi connectivity index (χ2n) is 4.94. The van der Waals surface area contributed by atoms with Crippen molar-refractivity contribution in [1.29, 1.82) is 0 Å². The summed E-state index contributed by atoms with van der Waals surface area (Å²) in [7, 11) is 0. The molecular formula is C16H9Br2ClN2O3. The van der Waals surface area contributed by atoms with Crippen molar-refractivity contribution < 1.29 is 14.7 Å². The Labute approximate surface area is 159 Å². The number of benzene rings is 2. The van der Waals surface area contributed by atoms with Crippen LogP contribution in [0.1, 0.15) is 5.56 Å². The number of phenolic OH excluding ortho intramolecular Hbond substituents is 1. The zero-order valence-corrected chi connectivity index (χ0v) is 15.8. The third-order valence-corrected chi connectivity index (χ3v) is 4.65. The topological polar surface area (TPSA) is 69.6 Å². The first-order chi connectivity index (χ1) is 11.4. The molecule has 0 aromatic heterocycles. The minimum atomic E-state index is -0.551. The fourth-order valence-corrected chi connectivity index (χ4v) is 3.57. The van der Waals surface area contributed by atoms with E-state index in [1.165, 1.54) is 6.08 Å². The molecule has 2 aromatic carbocycles. The number of nitrogens with one attached hydrogen (secondary N) is 1. The molecule has 5 nitrogen and oxygen atoms in total. The summed E-state index contributed by atoms with van der Waals surface area (Å²) >= 11 is 12.3. The van der Waals surface area contributed by atoms with Gasteiger partial charge in [-0.3, -0.25) is 15.0 Å². The van der Waals surface area contributed by atoms with Gasteiger partial charge in [0.15, 0.2) is 0 Å². The van der Waals surface area contributed by atoms with Crippen LogP contribution in [0, 0.1) is 0 Å². The summed E-state index contributed by atoms with van der Waals surface area (Å²) in [5, 5.41) is 11.7. The maximum atomic E-state index is 12.5. The van der Waals surface area contributed by atoms with Gasteiger partial charge in [-0.25, -0.2) is 5.01 Å². The molecule has 2 aromatic rings. The molecule has 1 aliphatic heterocycles. The van der Waals surface area contributed by atoms with Crippen molar-refractivity contribution in [2.75, 3.05) is 5.01 Å². The Balaban J connectivity index is 1.99. The Hall–Kier alpha value is -1.83. The summed E-state index contributed by atoms with van der Waals surface area (Å²) in [5.74, 6) is -1.13. The van der Waals surface area contributed by atoms with Crippen LogP contribution in [0.5, 0.6) is 5.75 Å². The molecule has 1 aliphatic rings. The number of hydrazine groups is 1. The molecule has 1 heterocycles. The number of rotatable bonds is 2. The van der Waals surface area contributed by atoms with Crippen molar-refractivity contribution in [3.8, 4) is 5.75 Å². The zero-order chi connectivity index (χ0) is 17.4. The van der Waals surface area contributed by atoms with Crippen LogP contribution in [0.25, 0.3) is 6.08 Å². The number of halogens is 3. The summed E-state index contributed by atoms with van der Waals surface area (Å²) in [5.41, 5.74) is 3.24. The lowest BCUT2D eigenvalue weighted by Gasteiger charge is -2.14. The third kappa shape index (κ3) is 3.19. The summed E-state index contributed by atoms with van der Waals surface area (Å²) in [6.45, 7) is 0. The molecule has 0 unspecified atom stereocenters. The van der Waals surface area contributed by atoms with Gasteiger partial charge in [0.05, 0.1) is 10.2 Å². The van der Waals surface area contributed by atoms with Crippen LogP contribution in [0.2, 0.25) is 5.02 Å². The summed E-state index contributed by atoms with van der Waals surface area (Å²) in [6, 6.07) is 9.75. The average molecular weight is 473 g/mol. The molecule has 0 spiro atoms. The van der Waals surface area contributed by atoms with Gasteiger partial charge >= 0.3 is 0 Å². The Morgan fingerprint density at radius 1 is 1.12 bits per heavy atom. The summed E-state index contributed by atoms with van der Waals surface area (Å²) < 4.78 is 1.14. The Morgan fingerprint density at radius 3 is 2.46 bits per heavy atom. The maximum absolute atomic E-state index is 12.5. The van der Waals surface area contributed by atoms with E-state index in [-0.39, 0.29) is 11.3 Å². The maximum Gasteiger partial charge on any atom is 0.282 e. The number of carbonyl (C=O) groups is 2. The predicted octanol–water partition coefficient (Wildman–Crippen LogP) is 4.03. The van der Waals surface area contributed by atoms with Gasteiger partial charge in [-0.2, -0.15) is 0 Å². The van der Waals surface area contributed by atoms with Crippen LogP contribution >= 0.6 is 43.5 Å². The lowest BCUT2D eigenvalue weighted by atomic mass is 10.1. The van der Waals surface area contributed by atoms with Crippen molar-refractivity contribution in [3.05, 3.63) is 61.5 Å². The molecule has 3 rings (SSSR count). The number of hydrogen-bond donors (Lipinski definition) is 2. The highest BCUT2D eigenvalue weighted by Crippen LogP contribution is 2.34. The molecule has 0 radical (unpaired) electrons. The molecule has 1 saturated heterocycles. The molecule has 0 saturated carbocycles. The highest BCUT2D eigenvalue weighted by atomic mass is 79.9. The van der Waals surface area contributed by atoms with Gasteiger partial charge in [-0.1, -0.05) is 27.5 Å². The lowest BCUT2D eigenvalue weighted by molar-refractivity contribution is -0.117. The first-order valence-corrected chi connectivity index (χ1v) is 8.64. The average Bonchev–Trinajstić information content (AvgIpc) is 2.81. The molecule has 2 amide bonds. The van der Waals surface area contributed by atoms with Crippen LogP contribution in [0.4, 0.5) is 5.69 Å². The van der Waals surface area contributed by atoms with E-state index in [1.807, 2.05) is 0 Å². The van der Waals surface area contributed by atoms with Gasteiger partial charge in [0.2, 0.25) is 0 Å². The number of carbonyl (C=O) groups excluding carboxylic acids is 2. The number of anilines is 1. The Kier molecular flexibility index (Phi) is 4.67. The summed E-state index contributed by atoms with van der Waals surface area (Å²) in [6.07, 6.45) is 1.35. The second-order valence-corrected chi connectivity index (χ2v) is 7.15. The van der Waals surface area contributed by atoms with E-state index in [0.29, 0.717) is 25.2 Å².